The first-order valence-corrected chi connectivity index (χ1v) is 22.8. The number of likely N-dealkylation sites (N-methyl/N-ethyl adjacent to an activating group) is 1. The molecule has 0 amide bonds. The van der Waals surface area contributed by atoms with Crippen LogP contribution in [0.2, 0.25) is 0 Å². The summed E-state index contributed by atoms with van der Waals surface area (Å²) in [6.45, 7) is 3.73. The van der Waals surface area contributed by atoms with Crippen LogP contribution in [0, 0.1) is 0 Å². The quantitative estimate of drug-likeness (QED) is 0.0164. The number of hydrogen-bond acceptors (Lipinski definition) is 9. The van der Waals surface area contributed by atoms with E-state index in [2.05, 4.69) is 80.7 Å². The molecule has 2 unspecified atom stereocenters. The van der Waals surface area contributed by atoms with Crippen molar-refractivity contribution in [3.63, 3.8) is 0 Å². The summed E-state index contributed by atoms with van der Waals surface area (Å²) in [5, 5.41) is 10.0. The van der Waals surface area contributed by atoms with Gasteiger partial charge in [-0.3, -0.25) is 14.2 Å². The minimum atomic E-state index is -4.68. The molecule has 332 valence electrons. The fourth-order valence-electron chi connectivity index (χ4n) is 4.75. The largest absolute Gasteiger partial charge is 0.756 e. The summed E-state index contributed by atoms with van der Waals surface area (Å²) < 4.78 is 33.7. The number of allylic oxidation sites excluding steroid dienone is 18. The normalized spacial score (nSPS) is 15.3. The van der Waals surface area contributed by atoms with Crippen LogP contribution in [0.4, 0.5) is 0 Å². The van der Waals surface area contributed by atoms with E-state index in [1.165, 1.54) is 0 Å². The smallest absolute Gasteiger partial charge is 0.306 e. The average Bonchev–Trinajstić information content (AvgIpc) is 3.18. The van der Waals surface area contributed by atoms with Gasteiger partial charge in [0.25, 0.3) is 7.82 Å². The van der Waals surface area contributed by atoms with Crippen molar-refractivity contribution in [2.75, 3.05) is 47.5 Å². The highest BCUT2D eigenvalue weighted by atomic mass is 31.2. The van der Waals surface area contributed by atoms with Gasteiger partial charge in [0.05, 0.1) is 33.9 Å². The molecule has 10 nitrogen and oxygen atoms in total. The van der Waals surface area contributed by atoms with Gasteiger partial charge in [0.2, 0.25) is 0 Å². The second-order valence-electron chi connectivity index (χ2n) is 14.8. The number of aliphatic hydroxyl groups excluding tert-OH is 1. The van der Waals surface area contributed by atoms with E-state index >= 15 is 0 Å². The minimum absolute atomic E-state index is 0.0591. The predicted molar refractivity (Wildman–Crippen MR) is 241 cm³/mol. The van der Waals surface area contributed by atoms with Gasteiger partial charge in [0.15, 0.2) is 6.10 Å². The zero-order valence-electron chi connectivity index (χ0n) is 36.7. The van der Waals surface area contributed by atoms with Gasteiger partial charge in [0.1, 0.15) is 19.8 Å². The Kier molecular flexibility index (Phi) is 36.2. The molecule has 0 spiro atoms. The summed E-state index contributed by atoms with van der Waals surface area (Å²) in [4.78, 5) is 37.5. The SMILES string of the molecule is CC/C=C\C/C=C\C/C=C\C/C=C\CCCCC(=O)OC[C@H](COP(=O)([O-])OCC[N+](C)(C)C)OC(=O)CC/C=C\C/C=C\C/C=C\C=C\C(O)C/C=C\C/C=C\CC. The highest BCUT2D eigenvalue weighted by Crippen LogP contribution is 2.38. The fraction of sp³-hybridized carbons (Fsp3) is 0.542. The molecule has 0 aromatic rings. The zero-order chi connectivity index (χ0) is 43.7. The molecule has 11 heteroatoms. The molecule has 0 aliphatic heterocycles. The van der Waals surface area contributed by atoms with Gasteiger partial charge in [-0.1, -0.05) is 135 Å². The number of ether oxygens (including phenoxy) is 2. The maximum absolute atomic E-state index is 12.6. The average molecular weight is 842 g/mol. The first-order chi connectivity index (χ1) is 28.4. The number of nitrogens with zero attached hydrogens (tertiary/aromatic N) is 1. The molecule has 0 bridgehead atoms. The van der Waals surface area contributed by atoms with Crippen LogP contribution < -0.4 is 4.89 Å². The van der Waals surface area contributed by atoms with Crippen molar-refractivity contribution in [3.05, 3.63) is 122 Å². The van der Waals surface area contributed by atoms with Gasteiger partial charge in [-0.2, -0.15) is 0 Å². The summed E-state index contributed by atoms with van der Waals surface area (Å²) >= 11 is 0. The van der Waals surface area contributed by atoms with Gasteiger partial charge in [-0.25, -0.2) is 0 Å². The lowest BCUT2D eigenvalue weighted by molar-refractivity contribution is -0.870. The topological polar surface area (TPSA) is 131 Å². The monoisotopic (exact) mass is 842 g/mol. The van der Waals surface area contributed by atoms with Crippen LogP contribution in [-0.2, 0) is 32.7 Å². The number of quaternary nitrogens is 1. The van der Waals surface area contributed by atoms with E-state index in [-0.39, 0.29) is 26.1 Å². The molecule has 0 saturated heterocycles. The highest BCUT2D eigenvalue weighted by molar-refractivity contribution is 7.45. The number of carbonyl (C=O) groups excluding carboxylic acids is 2. The van der Waals surface area contributed by atoms with Crippen molar-refractivity contribution in [3.8, 4) is 0 Å². The van der Waals surface area contributed by atoms with Crippen LogP contribution in [0.25, 0.3) is 0 Å². The molecule has 0 saturated carbocycles. The Morgan fingerprint density at radius 1 is 0.627 bits per heavy atom. The summed E-state index contributed by atoms with van der Waals surface area (Å²) in [5.74, 6) is -1.03. The lowest BCUT2D eigenvalue weighted by Crippen LogP contribution is -2.37. The van der Waals surface area contributed by atoms with E-state index in [4.69, 9.17) is 18.5 Å². The Bertz CT molecular complexity index is 1430. The lowest BCUT2D eigenvalue weighted by atomic mass is 10.2. The number of aliphatic hydroxyl groups is 1. The molecule has 59 heavy (non-hydrogen) atoms. The van der Waals surface area contributed by atoms with E-state index in [1.54, 1.807) is 6.08 Å². The molecular formula is C48H76NO9P. The Balaban J connectivity index is 4.66. The number of phosphoric acid groups is 1. The van der Waals surface area contributed by atoms with Crippen LogP contribution >= 0.6 is 7.82 Å². The van der Waals surface area contributed by atoms with Crippen LogP contribution in [0.5, 0.6) is 0 Å². The number of phosphoric ester groups is 1. The molecule has 0 rings (SSSR count). The number of rotatable bonds is 36. The number of unbranched alkanes of at least 4 members (excludes halogenated alkanes) is 2. The number of carbonyl (C=O) groups is 2. The molecule has 0 heterocycles. The second kappa shape index (κ2) is 38.6. The summed E-state index contributed by atoms with van der Waals surface area (Å²) in [6, 6.07) is 0. The van der Waals surface area contributed by atoms with E-state index in [0.717, 1.165) is 57.8 Å². The first-order valence-electron chi connectivity index (χ1n) is 21.4. The Morgan fingerprint density at radius 2 is 1.15 bits per heavy atom. The third-order valence-corrected chi connectivity index (χ3v) is 9.04. The summed E-state index contributed by atoms with van der Waals surface area (Å²) in [5.41, 5.74) is 0. The highest BCUT2D eigenvalue weighted by Gasteiger charge is 2.21. The van der Waals surface area contributed by atoms with E-state index < -0.39 is 38.6 Å². The Morgan fingerprint density at radius 3 is 1.73 bits per heavy atom. The van der Waals surface area contributed by atoms with Crippen LogP contribution in [0.3, 0.4) is 0 Å². The molecule has 0 aliphatic carbocycles. The van der Waals surface area contributed by atoms with Gasteiger partial charge < -0.3 is 33.0 Å². The second-order valence-corrected chi connectivity index (χ2v) is 16.2. The fourth-order valence-corrected chi connectivity index (χ4v) is 5.48. The van der Waals surface area contributed by atoms with Crippen molar-refractivity contribution < 1.29 is 47.2 Å². The first kappa shape index (κ1) is 55.4. The van der Waals surface area contributed by atoms with Crippen molar-refractivity contribution >= 4 is 19.8 Å². The molecular weight excluding hydrogens is 765 g/mol. The molecule has 0 fully saturated rings. The van der Waals surface area contributed by atoms with E-state index in [9.17, 15) is 24.2 Å². The molecule has 0 aromatic carbocycles. The maximum Gasteiger partial charge on any atom is 0.306 e. The van der Waals surface area contributed by atoms with E-state index in [0.29, 0.717) is 36.7 Å². The molecule has 0 radical (unpaired) electrons. The van der Waals surface area contributed by atoms with Gasteiger partial charge in [-0.05, 0) is 83.5 Å². The maximum atomic E-state index is 12.6. The van der Waals surface area contributed by atoms with Gasteiger partial charge >= 0.3 is 11.9 Å². The molecule has 3 atom stereocenters. The van der Waals surface area contributed by atoms with Crippen molar-refractivity contribution in [2.45, 2.75) is 122 Å². The molecule has 0 aromatic heterocycles. The molecule has 0 aliphatic rings. The van der Waals surface area contributed by atoms with Gasteiger partial charge in [0, 0.05) is 12.8 Å². The minimum Gasteiger partial charge on any atom is -0.756 e. The zero-order valence-corrected chi connectivity index (χ0v) is 37.6. The predicted octanol–water partition coefficient (Wildman–Crippen LogP) is 10.5. The third-order valence-electron chi connectivity index (χ3n) is 8.07. The number of hydrogen-bond donors (Lipinski definition) is 1. The Labute approximate surface area is 357 Å². The summed E-state index contributed by atoms with van der Waals surface area (Å²) in [7, 11) is 1.04. The Hall–Kier alpha value is -3.63. The van der Waals surface area contributed by atoms with Gasteiger partial charge in [-0.15, -0.1) is 0 Å². The summed E-state index contributed by atoms with van der Waals surface area (Å²) in [6.07, 6.45) is 49.9. The van der Waals surface area contributed by atoms with Crippen LogP contribution in [-0.4, -0.2) is 81.2 Å². The standard InChI is InChI=1S/C48H76NO9P/c1-6-8-10-12-14-15-16-17-18-19-20-24-27-31-35-39-47(51)55-43-46(44-57-59(53,54)56-42-41-49(3,4)5)58-48(52)40-36-32-28-25-22-21-23-26-30-34-38-45(50)37-33-29-13-11-9-7-2/h8-11,14-15,17-18,20-22,24,26,28-30,32-34,38,45-46,50H,6-7,12-13,16,19,23,25,27,31,35-37,39-44H2,1-5H3/b10-8-,11-9-,15-14-,18-17-,22-21-,24-20-,30-26-,32-28-,33-29-,38-34+/t45?,46-/m1/s1. The number of esters is 2. The van der Waals surface area contributed by atoms with Crippen molar-refractivity contribution in [1.82, 2.24) is 0 Å². The van der Waals surface area contributed by atoms with E-state index in [1.807, 2.05) is 69.8 Å². The lowest BCUT2D eigenvalue weighted by Gasteiger charge is -2.28. The van der Waals surface area contributed by atoms with Crippen molar-refractivity contribution in [1.29, 1.82) is 0 Å². The van der Waals surface area contributed by atoms with Crippen molar-refractivity contribution in [2.24, 2.45) is 0 Å². The molecule has 1 N–H and O–H groups in total. The van der Waals surface area contributed by atoms with Crippen LogP contribution in [0.15, 0.2) is 122 Å². The third kappa shape index (κ3) is 42.3. The van der Waals surface area contributed by atoms with Crippen LogP contribution in [0.1, 0.15) is 110 Å².